The van der Waals surface area contributed by atoms with Gasteiger partial charge in [0, 0.05) is 21.4 Å². The van der Waals surface area contributed by atoms with Crippen LogP contribution < -0.4 is 0 Å². The predicted octanol–water partition coefficient (Wildman–Crippen LogP) is 3.38. The van der Waals surface area contributed by atoms with Gasteiger partial charge in [0.05, 0.1) is 13.2 Å². The van der Waals surface area contributed by atoms with Gasteiger partial charge in [0.25, 0.3) is 0 Å². The van der Waals surface area contributed by atoms with Crippen molar-refractivity contribution < 1.29 is 4.74 Å². The summed E-state index contributed by atoms with van der Waals surface area (Å²) in [5.41, 5.74) is 0. The maximum absolute atomic E-state index is 5.85. The highest BCUT2D eigenvalue weighted by atomic mass is 35.5. The Morgan fingerprint density at radius 3 is 2.93 bits per heavy atom. The van der Waals surface area contributed by atoms with Crippen LogP contribution in [0.2, 0.25) is 5.02 Å². The van der Waals surface area contributed by atoms with E-state index < -0.39 is 0 Å². The first kappa shape index (κ1) is 12.2. The lowest BCUT2D eigenvalue weighted by atomic mass is 10.4. The van der Waals surface area contributed by atoms with Crippen LogP contribution in [0.3, 0.4) is 0 Å². The molecule has 0 N–H and O–H groups in total. The Labute approximate surface area is 99.6 Å². The second-order valence-electron chi connectivity index (χ2n) is 2.64. The molecular weight excluding hydrogens is 236 g/mol. The van der Waals surface area contributed by atoms with E-state index in [1.54, 1.807) is 11.8 Å². The van der Waals surface area contributed by atoms with E-state index in [2.05, 4.69) is 18.7 Å². The first-order chi connectivity index (χ1) is 6.83. The van der Waals surface area contributed by atoms with Crippen LogP contribution in [0.15, 0.2) is 29.2 Å². The standard InChI is InChI=1S/C10H13ClOS2/c11-9-2-1-3-10(8-9)14-7-5-12-4-6-13/h1-3,8,13H,4-7H2. The Morgan fingerprint density at radius 1 is 1.36 bits per heavy atom. The molecule has 0 aromatic heterocycles. The van der Waals surface area contributed by atoms with Crippen LogP contribution in [0.4, 0.5) is 0 Å². The van der Waals surface area contributed by atoms with Gasteiger partial charge in [-0.25, -0.2) is 0 Å². The van der Waals surface area contributed by atoms with Crippen LogP contribution in [0.5, 0.6) is 0 Å². The van der Waals surface area contributed by atoms with E-state index in [0.29, 0.717) is 0 Å². The molecular formula is C10H13ClOS2. The van der Waals surface area contributed by atoms with Crippen LogP contribution in [-0.4, -0.2) is 24.7 Å². The number of rotatable bonds is 6. The topological polar surface area (TPSA) is 9.23 Å². The van der Waals surface area contributed by atoms with Gasteiger partial charge in [-0.15, -0.1) is 11.8 Å². The predicted molar refractivity (Wildman–Crippen MR) is 66.8 cm³/mol. The normalized spacial score (nSPS) is 10.4. The zero-order chi connectivity index (χ0) is 10.2. The van der Waals surface area contributed by atoms with Crippen LogP contribution in [0.25, 0.3) is 0 Å². The van der Waals surface area contributed by atoms with Crippen molar-refractivity contribution in [3.05, 3.63) is 29.3 Å². The molecule has 1 aromatic carbocycles. The maximum atomic E-state index is 5.85. The van der Waals surface area contributed by atoms with Gasteiger partial charge in [0.1, 0.15) is 0 Å². The summed E-state index contributed by atoms with van der Waals surface area (Å²) in [6.45, 7) is 1.48. The number of benzene rings is 1. The van der Waals surface area contributed by atoms with E-state index in [4.69, 9.17) is 16.3 Å². The summed E-state index contributed by atoms with van der Waals surface area (Å²) < 4.78 is 5.30. The molecule has 0 fully saturated rings. The third kappa shape index (κ3) is 5.15. The lowest BCUT2D eigenvalue weighted by Gasteiger charge is -2.02. The smallest absolute Gasteiger partial charge is 0.0560 e. The van der Waals surface area contributed by atoms with Crippen LogP contribution in [-0.2, 0) is 4.74 Å². The molecule has 0 amide bonds. The quantitative estimate of drug-likeness (QED) is 0.470. The summed E-state index contributed by atoms with van der Waals surface area (Å²) in [7, 11) is 0. The first-order valence-electron chi connectivity index (χ1n) is 4.40. The number of thiol groups is 1. The second kappa shape index (κ2) is 7.46. The van der Waals surface area contributed by atoms with Crippen molar-refractivity contribution in [2.24, 2.45) is 0 Å². The van der Waals surface area contributed by atoms with Crippen molar-refractivity contribution in [3.63, 3.8) is 0 Å². The number of ether oxygens (including phenoxy) is 1. The molecule has 0 atom stereocenters. The van der Waals surface area contributed by atoms with Crippen molar-refractivity contribution in [1.82, 2.24) is 0 Å². The number of hydrogen-bond donors (Lipinski definition) is 1. The van der Waals surface area contributed by atoms with E-state index in [-0.39, 0.29) is 0 Å². The largest absolute Gasteiger partial charge is 0.380 e. The van der Waals surface area contributed by atoms with Gasteiger partial charge in [-0.2, -0.15) is 12.6 Å². The van der Waals surface area contributed by atoms with Gasteiger partial charge >= 0.3 is 0 Å². The van der Waals surface area contributed by atoms with E-state index in [1.165, 1.54) is 4.90 Å². The minimum Gasteiger partial charge on any atom is -0.380 e. The molecule has 4 heteroatoms. The second-order valence-corrected chi connectivity index (χ2v) is 4.69. The average molecular weight is 249 g/mol. The Bertz CT molecular complexity index is 268. The summed E-state index contributed by atoms with van der Waals surface area (Å²) in [4.78, 5) is 1.19. The minimum atomic E-state index is 0.721. The monoisotopic (exact) mass is 248 g/mol. The van der Waals surface area contributed by atoms with Crippen molar-refractivity contribution >= 4 is 36.0 Å². The Balaban J connectivity index is 2.18. The summed E-state index contributed by atoms with van der Waals surface area (Å²) in [6.07, 6.45) is 0. The zero-order valence-corrected chi connectivity index (χ0v) is 10.2. The minimum absolute atomic E-state index is 0.721. The van der Waals surface area contributed by atoms with Gasteiger partial charge in [-0.3, -0.25) is 0 Å². The molecule has 0 unspecified atom stereocenters. The van der Waals surface area contributed by atoms with Crippen LogP contribution in [0, 0.1) is 0 Å². The van der Waals surface area contributed by atoms with Crippen LogP contribution >= 0.6 is 36.0 Å². The fourth-order valence-electron chi connectivity index (χ4n) is 0.942. The van der Waals surface area contributed by atoms with Crippen molar-refractivity contribution in [2.45, 2.75) is 4.90 Å². The van der Waals surface area contributed by atoms with Gasteiger partial charge in [-0.05, 0) is 18.2 Å². The summed E-state index contributed by atoms with van der Waals surface area (Å²) in [6, 6.07) is 7.85. The molecule has 1 aromatic rings. The molecule has 0 saturated heterocycles. The highest BCUT2D eigenvalue weighted by Crippen LogP contribution is 2.21. The third-order valence-corrected chi connectivity index (χ3v) is 2.90. The lowest BCUT2D eigenvalue weighted by molar-refractivity contribution is 0.167. The molecule has 0 aliphatic heterocycles. The maximum Gasteiger partial charge on any atom is 0.0560 e. The van der Waals surface area contributed by atoms with Gasteiger partial charge < -0.3 is 4.74 Å². The molecule has 0 spiro atoms. The fourth-order valence-corrected chi connectivity index (χ4v) is 2.15. The van der Waals surface area contributed by atoms with E-state index in [0.717, 1.165) is 29.7 Å². The highest BCUT2D eigenvalue weighted by Gasteiger charge is 1.94. The van der Waals surface area contributed by atoms with Crippen LogP contribution in [0.1, 0.15) is 0 Å². The Morgan fingerprint density at radius 2 is 2.21 bits per heavy atom. The van der Waals surface area contributed by atoms with E-state index in [1.807, 2.05) is 18.2 Å². The van der Waals surface area contributed by atoms with Crippen molar-refractivity contribution in [3.8, 4) is 0 Å². The third-order valence-electron chi connectivity index (χ3n) is 1.53. The molecule has 1 nitrogen and oxygen atoms in total. The molecule has 0 radical (unpaired) electrons. The van der Waals surface area contributed by atoms with Gasteiger partial charge in [-0.1, -0.05) is 17.7 Å². The number of hydrogen-bond acceptors (Lipinski definition) is 3. The SMILES string of the molecule is SCCOCCSc1cccc(Cl)c1. The number of thioether (sulfide) groups is 1. The zero-order valence-electron chi connectivity index (χ0n) is 7.78. The summed E-state index contributed by atoms with van der Waals surface area (Å²) in [5.74, 6) is 1.73. The van der Waals surface area contributed by atoms with Crippen molar-refractivity contribution in [2.75, 3.05) is 24.7 Å². The molecule has 0 saturated carbocycles. The highest BCUT2D eigenvalue weighted by molar-refractivity contribution is 7.99. The summed E-state index contributed by atoms with van der Waals surface area (Å²) in [5, 5.41) is 0.784. The molecule has 0 aliphatic rings. The molecule has 0 bridgehead atoms. The Kier molecular flexibility index (Phi) is 6.52. The summed E-state index contributed by atoms with van der Waals surface area (Å²) >= 11 is 11.7. The molecule has 14 heavy (non-hydrogen) atoms. The Hall–Kier alpha value is 0.170. The fraction of sp³-hybridized carbons (Fsp3) is 0.400. The average Bonchev–Trinajstić information content (AvgIpc) is 2.18. The van der Waals surface area contributed by atoms with Gasteiger partial charge in [0.15, 0.2) is 0 Å². The van der Waals surface area contributed by atoms with Gasteiger partial charge in [0.2, 0.25) is 0 Å². The lowest BCUT2D eigenvalue weighted by Crippen LogP contribution is -1.99. The molecule has 78 valence electrons. The molecule has 0 aliphatic carbocycles. The van der Waals surface area contributed by atoms with E-state index in [9.17, 15) is 0 Å². The molecule has 1 rings (SSSR count). The molecule has 0 heterocycles. The van der Waals surface area contributed by atoms with E-state index >= 15 is 0 Å². The van der Waals surface area contributed by atoms with Crippen molar-refractivity contribution in [1.29, 1.82) is 0 Å². The number of halogens is 1. The first-order valence-corrected chi connectivity index (χ1v) is 6.39.